The molecule has 2 heterocycles. The topological polar surface area (TPSA) is 49.9 Å². The average Bonchev–Trinajstić information content (AvgIpc) is 2.77. The van der Waals surface area contributed by atoms with Crippen molar-refractivity contribution in [3.8, 4) is 0 Å². The molecule has 0 aromatic heterocycles. The van der Waals surface area contributed by atoms with Gasteiger partial charge in [-0.1, -0.05) is 6.08 Å². The molecule has 0 unspecified atom stereocenters. The maximum absolute atomic E-state index is 11.9. The first-order valence-electron chi connectivity index (χ1n) is 6.37. The van der Waals surface area contributed by atoms with Gasteiger partial charge in [-0.2, -0.15) is 0 Å². The van der Waals surface area contributed by atoms with E-state index in [-0.39, 0.29) is 30.5 Å². The van der Waals surface area contributed by atoms with E-state index in [9.17, 15) is 9.59 Å². The summed E-state index contributed by atoms with van der Waals surface area (Å²) in [5.74, 6) is 0.204. The van der Waals surface area contributed by atoms with Crippen molar-refractivity contribution in [1.82, 2.24) is 9.80 Å². The SMILES string of the molecule is C=CCN1C(=O)CC[C@@H]2[C@H]1CCN2C(=O)COC. The summed E-state index contributed by atoms with van der Waals surface area (Å²) < 4.78 is 4.90. The summed E-state index contributed by atoms with van der Waals surface area (Å²) in [6, 6.07) is 0.315. The number of hydrogen-bond acceptors (Lipinski definition) is 3. The summed E-state index contributed by atoms with van der Waals surface area (Å²) >= 11 is 0. The number of hydrogen-bond donors (Lipinski definition) is 0. The highest BCUT2D eigenvalue weighted by molar-refractivity contribution is 5.81. The molecule has 2 atom stereocenters. The number of ether oxygens (including phenoxy) is 1. The zero-order valence-electron chi connectivity index (χ0n) is 10.8. The van der Waals surface area contributed by atoms with Gasteiger partial charge in [-0.3, -0.25) is 9.59 Å². The van der Waals surface area contributed by atoms with E-state index in [1.165, 1.54) is 7.11 Å². The summed E-state index contributed by atoms with van der Waals surface area (Å²) in [7, 11) is 1.53. The number of rotatable bonds is 4. The van der Waals surface area contributed by atoms with Crippen molar-refractivity contribution in [1.29, 1.82) is 0 Å². The molecular formula is C13H20N2O3. The molecule has 0 spiro atoms. The van der Waals surface area contributed by atoms with Crippen LogP contribution >= 0.6 is 0 Å². The van der Waals surface area contributed by atoms with Gasteiger partial charge < -0.3 is 14.5 Å². The third-order valence-electron chi connectivity index (χ3n) is 3.80. The van der Waals surface area contributed by atoms with Crippen molar-refractivity contribution in [3.63, 3.8) is 0 Å². The zero-order chi connectivity index (χ0) is 13.1. The van der Waals surface area contributed by atoms with Gasteiger partial charge in [-0.25, -0.2) is 0 Å². The van der Waals surface area contributed by atoms with Crippen LogP contribution in [0.25, 0.3) is 0 Å². The minimum atomic E-state index is 0.0258. The van der Waals surface area contributed by atoms with E-state index in [0.29, 0.717) is 13.0 Å². The third-order valence-corrected chi connectivity index (χ3v) is 3.80. The highest BCUT2D eigenvalue weighted by Crippen LogP contribution is 2.31. The first-order chi connectivity index (χ1) is 8.69. The van der Waals surface area contributed by atoms with E-state index in [2.05, 4.69) is 6.58 Å². The van der Waals surface area contributed by atoms with Crippen LogP contribution in [0, 0.1) is 0 Å². The van der Waals surface area contributed by atoms with E-state index >= 15 is 0 Å². The molecule has 0 aromatic rings. The van der Waals surface area contributed by atoms with Gasteiger partial charge in [0.2, 0.25) is 11.8 Å². The predicted octanol–water partition coefficient (Wildman–Crippen LogP) is 0.411. The third kappa shape index (κ3) is 2.27. The zero-order valence-corrected chi connectivity index (χ0v) is 10.8. The molecule has 2 fully saturated rings. The largest absolute Gasteiger partial charge is 0.375 e. The molecule has 0 saturated carbocycles. The Kier molecular flexibility index (Phi) is 4.01. The standard InChI is InChI=1S/C13H20N2O3/c1-3-7-14-11-6-8-15(13(17)9-18-2)10(11)4-5-12(14)16/h3,10-11H,1,4-9H2,2H3/t10-,11-/m1/s1. The molecule has 2 amide bonds. The van der Waals surface area contributed by atoms with Crippen LogP contribution in [-0.4, -0.2) is 60.5 Å². The van der Waals surface area contributed by atoms with Gasteiger partial charge in [0.05, 0.1) is 12.1 Å². The molecule has 0 radical (unpaired) electrons. The lowest BCUT2D eigenvalue weighted by Gasteiger charge is -2.39. The average molecular weight is 252 g/mol. The number of carbonyl (C=O) groups excluding carboxylic acids is 2. The number of fused-ring (bicyclic) bond motifs is 1. The quantitative estimate of drug-likeness (QED) is 0.681. The number of amides is 2. The first kappa shape index (κ1) is 13.1. The smallest absolute Gasteiger partial charge is 0.248 e. The summed E-state index contributed by atoms with van der Waals surface area (Å²) in [5, 5.41) is 0. The summed E-state index contributed by atoms with van der Waals surface area (Å²) in [5.41, 5.74) is 0. The van der Waals surface area contributed by atoms with Crippen molar-refractivity contribution in [2.45, 2.75) is 31.3 Å². The Bertz CT molecular complexity index is 356. The molecule has 0 bridgehead atoms. The van der Waals surface area contributed by atoms with Crippen LogP contribution < -0.4 is 0 Å². The minimum Gasteiger partial charge on any atom is -0.375 e. The van der Waals surface area contributed by atoms with Gasteiger partial charge in [0.1, 0.15) is 6.61 Å². The molecule has 18 heavy (non-hydrogen) atoms. The molecular weight excluding hydrogens is 232 g/mol. The van der Waals surface area contributed by atoms with Crippen LogP contribution in [0.5, 0.6) is 0 Å². The van der Waals surface area contributed by atoms with E-state index in [4.69, 9.17) is 4.74 Å². The van der Waals surface area contributed by atoms with Gasteiger partial charge >= 0.3 is 0 Å². The molecule has 100 valence electrons. The van der Waals surface area contributed by atoms with Crippen molar-refractivity contribution >= 4 is 11.8 Å². The fourth-order valence-electron chi connectivity index (χ4n) is 3.04. The Balaban J connectivity index is 2.09. The van der Waals surface area contributed by atoms with Gasteiger partial charge in [0.15, 0.2) is 0 Å². The maximum atomic E-state index is 11.9. The Morgan fingerprint density at radius 1 is 1.50 bits per heavy atom. The highest BCUT2D eigenvalue weighted by Gasteiger charge is 2.44. The van der Waals surface area contributed by atoms with Gasteiger partial charge in [0, 0.05) is 26.6 Å². The van der Waals surface area contributed by atoms with Crippen molar-refractivity contribution < 1.29 is 14.3 Å². The summed E-state index contributed by atoms with van der Waals surface area (Å²) in [6.07, 6.45) is 3.90. The van der Waals surface area contributed by atoms with Crippen molar-refractivity contribution in [2.24, 2.45) is 0 Å². The molecule has 5 heteroatoms. The molecule has 0 aromatic carbocycles. The molecule has 0 aliphatic carbocycles. The molecule has 2 saturated heterocycles. The van der Waals surface area contributed by atoms with E-state index < -0.39 is 0 Å². The van der Waals surface area contributed by atoms with E-state index in [1.54, 1.807) is 6.08 Å². The molecule has 2 rings (SSSR count). The Morgan fingerprint density at radius 2 is 2.28 bits per heavy atom. The lowest BCUT2D eigenvalue weighted by Crippen LogP contribution is -2.53. The number of piperidine rings is 1. The first-order valence-corrected chi connectivity index (χ1v) is 6.37. The monoisotopic (exact) mass is 252 g/mol. The minimum absolute atomic E-state index is 0.0258. The molecule has 2 aliphatic heterocycles. The lowest BCUT2D eigenvalue weighted by molar-refractivity contribution is -0.143. The Labute approximate surface area is 107 Å². The summed E-state index contributed by atoms with van der Waals surface area (Å²) in [4.78, 5) is 27.5. The normalized spacial score (nSPS) is 27.3. The van der Waals surface area contributed by atoms with Crippen LogP contribution in [0.15, 0.2) is 12.7 Å². The van der Waals surface area contributed by atoms with Crippen molar-refractivity contribution in [2.75, 3.05) is 26.8 Å². The number of nitrogens with zero attached hydrogens (tertiary/aromatic N) is 2. The maximum Gasteiger partial charge on any atom is 0.248 e. The van der Waals surface area contributed by atoms with Crippen molar-refractivity contribution in [3.05, 3.63) is 12.7 Å². The van der Waals surface area contributed by atoms with Gasteiger partial charge in [0.25, 0.3) is 0 Å². The molecule has 2 aliphatic rings. The van der Waals surface area contributed by atoms with Crippen LogP contribution in [0.3, 0.4) is 0 Å². The van der Waals surface area contributed by atoms with Gasteiger partial charge in [-0.15, -0.1) is 6.58 Å². The molecule has 0 N–H and O–H groups in total. The highest BCUT2D eigenvalue weighted by atomic mass is 16.5. The lowest BCUT2D eigenvalue weighted by atomic mass is 9.96. The Hall–Kier alpha value is -1.36. The van der Waals surface area contributed by atoms with Crippen LogP contribution in [-0.2, 0) is 14.3 Å². The second-order valence-electron chi connectivity index (χ2n) is 4.82. The van der Waals surface area contributed by atoms with Crippen LogP contribution in [0.1, 0.15) is 19.3 Å². The van der Waals surface area contributed by atoms with E-state index in [1.807, 2.05) is 9.80 Å². The predicted molar refractivity (Wildman–Crippen MR) is 66.9 cm³/mol. The van der Waals surface area contributed by atoms with Crippen LogP contribution in [0.2, 0.25) is 0 Å². The Morgan fingerprint density at radius 3 is 2.94 bits per heavy atom. The van der Waals surface area contributed by atoms with E-state index in [0.717, 1.165) is 19.4 Å². The fourth-order valence-corrected chi connectivity index (χ4v) is 3.04. The van der Waals surface area contributed by atoms with Crippen LogP contribution in [0.4, 0.5) is 0 Å². The fraction of sp³-hybridized carbons (Fsp3) is 0.692. The molecule has 5 nitrogen and oxygen atoms in total. The number of carbonyl (C=O) groups is 2. The second kappa shape index (κ2) is 5.52. The van der Waals surface area contributed by atoms with Gasteiger partial charge in [-0.05, 0) is 12.8 Å². The number of likely N-dealkylation sites (tertiary alicyclic amines) is 2. The second-order valence-corrected chi connectivity index (χ2v) is 4.82. The summed E-state index contributed by atoms with van der Waals surface area (Å²) in [6.45, 7) is 5.11. The number of methoxy groups -OCH3 is 1.